The fourth-order valence-corrected chi connectivity index (χ4v) is 4.09. The van der Waals surface area contributed by atoms with Crippen LogP contribution in [0.5, 0.6) is 5.75 Å². The Kier molecular flexibility index (Phi) is 7.53. The van der Waals surface area contributed by atoms with E-state index >= 15 is 0 Å². The van der Waals surface area contributed by atoms with Crippen LogP contribution in [0.1, 0.15) is 30.8 Å². The van der Waals surface area contributed by atoms with Crippen LogP contribution in [-0.4, -0.2) is 55.5 Å². The number of ether oxygens (including phenoxy) is 1. The maximum absolute atomic E-state index is 13.2. The molecule has 0 fully saturated rings. The third-order valence-corrected chi connectivity index (χ3v) is 6.21. The van der Waals surface area contributed by atoms with Crippen molar-refractivity contribution in [3.05, 3.63) is 64.6 Å². The van der Waals surface area contributed by atoms with Gasteiger partial charge in [0.2, 0.25) is 0 Å². The average molecular weight is 472 g/mol. The average Bonchev–Trinajstić information content (AvgIpc) is 2.77. The number of hydrogen-bond donors (Lipinski definition) is 0. The largest absolute Gasteiger partial charge is 0.493 e. The predicted molar refractivity (Wildman–Crippen MR) is 127 cm³/mol. The second-order valence-corrected chi connectivity index (χ2v) is 10.5. The lowest BCUT2D eigenvalue weighted by molar-refractivity contribution is 0.0781. The molecule has 8 nitrogen and oxygen atoms in total. The van der Waals surface area contributed by atoms with Crippen molar-refractivity contribution >= 4 is 26.5 Å². The molecule has 1 heterocycles. The van der Waals surface area contributed by atoms with Crippen molar-refractivity contribution in [3.63, 3.8) is 0 Å². The number of carbonyl (C=O) groups excluding carboxylic acids is 1. The van der Waals surface area contributed by atoms with E-state index in [9.17, 15) is 18.0 Å². The molecular weight excluding hydrogens is 442 g/mol. The van der Waals surface area contributed by atoms with Crippen molar-refractivity contribution in [2.75, 3.05) is 26.5 Å². The van der Waals surface area contributed by atoms with Crippen LogP contribution in [0.2, 0.25) is 0 Å². The van der Waals surface area contributed by atoms with Gasteiger partial charge in [-0.3, -0.25) is 9.59 Å². The number of benzene rings is 2. The van der Waals surface area contributed by atoms with Crippen LogP contribution < -0.4 is 10.3 Å². The maximum Gasteiger partial charge on any atom is 0.274 e. The van der Waals surface area contributed by atoms with Crippen LogP contribution in [0.3, 0.4) is 0 Å². The molecule has 0 bridgehead atoms. The van der Waals surface area contributed by atoms with E-state index in [1.165, 1.54) is 16.8 Å². The Morgan fingerprint density at radius 3 is 2.48 bits per heavy atom. The third-order valence-electron chi connectivity index (χ3n) is 5.10. The predicted octanol–water partition coefficient (Wildman–Crippen LogP) is 3.00. The number of aromatic nitrogens is 2. The summed E-state index contributed by atoms with van der Waals surface area (Å²) in [5, 5.41) is 5.40. The monoisotopic (exact) mass is 471 g/mol. The normalized spacial score (nSPS) is 11.7. The topological polar surface area (TPSA) is 98.6 Å². The van der Waals surface area contributed by atoms with Gasteiger partial charge >= 0.3 is 0 Å². The Labute approximate surface area is 193 Å². The fourth-order valence-electron chi connectivity index (χ4n) is 3.43. The summed E-state index contributed by atoms with van der Waals surface area (Å²) < 4.78 is 30.4. The fraction of sp³-hybridized carbons (Fsp3) is 0.375. The molecule has 9 heteroatoms. The van der Waals surface area contributed by atoms with E-state index in [2.05, 4.69) is 5.10 Å². The first-order valence-corrected chi connectivity index (χ1v) is 12.7. The number of nitrogens with zero attached hydrogens (tertiary/aromatic N) is 3. The lowest BCUT2D eigenvalue weighted by atomic mass is 10.1. The first kappa shape index (κ1) is 24.4. The van der Waals surface area contributed by atoms with Gasteiger partial charge in [-0.15, -0.1) is 0 Å². The molecule has 1 aromatic heterocycles. The van der Waals surface area contributed by atoms with Crippen LogP contribution in [0.15, 0.2) is 58.2 Å². The van der Waals surface area contributed by atoms with Gasteiger partial charge in [0.05, 0.1) is 16.9 Å². The summed E-state index contributed by atoms with van der Waals surface area (Å²) in [4.78, 5) is 27.7. The van der Waals surface area contributed by atoms with Crippen LogP contribution in [0, 0.1) is 5.92 Å². The van der Waals surface area contributed by atoms with Gasteiger partial charge in [-0.05, 0) is 36.6 Å². The molecule has 0 radical (unpaired) electrons. The molecule has 1 amide bonds. The molecule has 3 aromatic rings. The van der Waals surface area contributed by atoms with Crippen molar-refractivity contribution < 1.29 is 17.9 Å². The first-order chi connectivity index (χ1) is 15.6. The summed E-state index contributed by atoms with van der Waals surface area (Å²) in [5.41, 5.74) is 0.0401. The van der Waals surface area contributed by atoms with E-state index in [4.69, 9.17) is 4.74 Å². The van der Waals surface area contributed by atoms with Gasteiger partial charge < -0.3 is 9.64 Å². The highest BCUT2D eigenvalue weighted by atomic mass is 32.2. The lowest BCUT2D eigenvalue weighted by Crippen LogP contribution is -2.33. The Morgan fingerprint density at radius 2 is 1.82 bits per heavy atom. The van der Waals surface area contributed by atoms with Crippen molar-refractivity contribution in [1.82, 2.24) is 14.7 Å². The molecule has 33 heavy (non-hydrogen) atoms. The molecule has 0 saturated heterocycles. The first-order valence-electron chi connectivity index (χ1n) is 10.8. The highest BCUT2D eigenvalue weighted by molar-refractivity contribution is 7.90. The van der Waals surface area contributed by atoms with Crippen LogP contribution in [0.4, 0.5) is 0 Å². The molecule has 0 N–H and O–H groups in total. The quantitative estimate of drug-likeness (QED) is 0.445. The smallest absolute Gasteiger partial charge is 0.274 e. The number of hydrogen-bond acceptors (Lipinski definition) is 6. The van der Waals surface area contributed by atoms with Gasteiger partial charge in [-0.25, -0.2) is 13.1 Å². The minimum atomic E-state index is -3.31. The molecule has 0 unspecified atom stereocenters. The molecule has 0 aliphatic heterocycles. The van der Waals surface area contributed by atoms with Gasteiger partial charge in [-0.1, -0.05) is 38.1 Å². The van der Waals surface area contributed by atoms with Gasteiger partial charge in [0, 0.05) is 31.8 Å². The van der Waals surface area contributed by atoms with E-state index in [1.54, 1.807) is 48.3 Å². The zero-order valence-electron chi connectivity index (χ0n) is 19.3. The summed E-state index contributed by atoms with van der Waals surface area (Å²) in [7, 11) is -1.63. The number of amides is 1. The van der Waals surface area contributed by atoms with E-state index in [0.29, 0.717) is 42.6 Å². The Bertz CT molecular complexity index is 1320. The van der Waals surface area contributed by atoms with Crippen LogP contribution in [-0.2, 0) is 16.4 Å². The van der Waals surface area contributed by atoms with E-state index in [-0.39, 0.29) is 28.0 Å². The van der Waals surface area contributed by atoms with Crippen molar-refractivity contribution in [1.29, 1.82) is 0 Å². The van der Waals surface area contributed by atoms with Gasteiger partial charge in [-0.2, -0.15) is 5.10 Å². The Hall–Kier alpha value is -3.20. The maximum atomic E-state index is 13.2. The highest BCUT2D eigenvalue weighted by Gasteiger charge is 2.20. The number of sulfone groups is 1. The Balaban J connectivity index is 1.70. The lowest BCUT2D eigenvalue weighted by Gasteiger charge is -2.19. The van der Waals surface area contributed by atoms with Crippen LogP contribution in [0.25, 0.3) is 10.8 Å². The molecule has 2 aromatic carbocycles. The van der Waals surface area contributed by atoms with Crippen molar-refractivity contribution in [2.24, 2.45) is 5.92 Å². The van der Waals surface area contributed by atoms with E-state index < -0.39 is 9.84 Å². The third kappa shape index (κ3) is 5.98. The molecule has 3 rings (SSSR count). The zero-order chi connectivity index (χ0) is 24.2. The molecule has 0 aliphatic rings. The second kappa shape index (κ2) is 10.2. The molecule has 0 spiro atoms. The van der Waals surface area contributed by atoms with Crippen molar-refractivity contribution in [2.45, 2.75) is 31.7 Å². The van der Waals surface area contributed by atoms with Crippen molar-refractivity contribution in [3.8, 4) is 5.75 Å². The van der Waals surface area contributed by atoms with Gasteiger partial charge in [0.25, 0.3) is 11.5 Å². The number of fused-ring (bicyclic) bond motifs is 1. The molecule has 0 saturated carbocycles. The summed E-state index contributed by atoms with van der Waals surface area (Å²) in [6.07, 6.45) is 1.68. The number of rotatable bonds is 9. The van der Waals surface area contributed by atoms with Gasteiger partial charge in [0.1, 0.15) is 5.75 Å². The standard InChI is InChI=1S/C24H29N3O5S/c1-17(2)16-27-23(28)21-12-6-5-11-20(21)22(25-27)24(29)26(3)13-8-14-32-18-9-7-10-19(15-18)33(4,30)31/h5-7,9-12,15,17H,8,13-14,16H2,1-4H3. The molecule has 0 atom stereocenters. The summed E-state index contributed by atoms with van der Waals surface area (Å²) in [6, 6.07) is 13.3. The Morgan fingerprint density at radius 1 is 1.12 bits per heavy atom. The summed E-state index contributed by atoms with van der Waals surface area (Å²) in [6.45, 7) is 5.12. The van der Waals surface area contributed by atoms with E-state index in [0.717, 1.165) is 6.26 Å². The molecular formula is C24H29N3O5S. The summed E-state index contributed by atoms with van der Waals surface area (Å²) >= 11 is 0. The minimum Gasteiger partial charge on any atom is -0.493 e. The molecule has 0 aliphatic carbocycles. The number of carbonyl (C=O) groups is 1. The van der Waals surface area contributed by atoms with Gasteiger partial charge in [0.15, 0.2) is 15.5 Å². The van der Waals surface area contributed by atoms with Crippen LogP contribution >= 0.6 is 0 Å². The zero-order valence-corrected chi connectivity index (χ0v) is 20.1. The second-order valence-electron chi connectivity index (χ2n) is 8.45. The van der Waals surface area contributed by atoms with E-state index in [1.807, 2.05) is 13.8 Å². The highest BCUT2D eigenvalue weighted by Crippen LogP contribution is 2.18. The molecule has 176 valence electrons. The minimum absolute atomic E-state index is 0.196. The SMILES string of the molecule is CC(C)Cn1nc(C(=O)N(C)CCCOc2cccc(S(C)(=O)=O)c2)c2ccccc2c1=O. The summed E-state index contributed by atoms with van der Waals surface area (Å²) in [5.74, 6) is 0.387.